The molecule has 0 bridgehead atoms. The van der Waals surface area contributed by atoms with Crippen LogP contribution in [0, 0.1) is 5.92 Å². The second-order valence-electron chi connectivity index (χ2n) is 3.94. The minimum Gasteiger partial charge on any atom is -0.444 e. The summed E-state index contributed by atoms with van der Waals surface area (Å²) >= 11 is 0. The Labute approximate surface area is 108 Å². The molecule has 0 heterocycles. The van der Waals surface area contributed by atoms with Crippen molar-refractivity contribution in [3.63, 3.8) is 0 Å². The number of nitrogens with zero attached hydrogens (tertiary/aromatic N) is 2. The van der Waals surface area contributed by atoms with Crippen LogP contribution in [0.2, 0.25) is 0 Å². The van der Waals surface area contributed by atoms with Gasteiger partial charge in [-0.05, 0) is 18.9 Å². The molecule has 0 aliphatic heterocycles. The molecule has 18 heavy (non-hydrogen) atoms. The predicted octanol–water partition coefficient (Wildman–Crippen LogP) is 3.22. The van der Waals surface area contributed by atoms with E-state index in [0.29, 0.717) is 11.4 Å². The average molecular weight is 267 g/mol. The van der Waals surface area contributed by atoms with E-state index in [-0.39, 0.29) is 11.8 Å². The molecule has 0 spiro atoms. The number of hydrogen-bond donors (Lipinski definition) is 1. The number of anilines is 1. The van der Waals surface area contributed by atoms with E-state index in [0.717, 1.165) is 0 Å². The quantitative estimate of drug-likeness (QED) is 0.657. The number of hydrogen-bond acceptors (Lipinski definition) is 3. The van der Waals surface area contributed by atoms with Gasteiger partial charge in [0.25, 0.3) is 0 Å². The summed E-state index contributed by atoms with van der Waals surface area (Å²) in [7, 11) is 0.0361. The second kappa shape index (κ2) is 6.97. The number of carbonyl (C=O) groups excluding carboxylic acids is 1. The van der Waals surface area contributed by atoms with Gasteiger partial charge in [0.1, 0.15) is 5.75 Å². The van der Waals surface area contributed by atoms with E-state index in [4.69, 9.17) is 4.52 Å². The molecule has 1 aromatic carbocycles. The smallest absolute Gasteiger partial charge is 0.233 e. The topological polar surface area (TPSA) is 63.1 Å². The van der Waals surface area contributed by atoms with Crippen molar-refractivity contribution in [2.24, 2.45) is 15.4 Å². The highest BCUT2D eigenvalue weighted by molar-refractivity contribution is 7.40. The first-order chi connectivity index (χ1) is 8.56. The average Bonchev–Trinajstić information content (AvgIpc) is 2.36. The summed E-state index contributed by atoms with van der Waals surface area (Å²) in [5, 5.41) is 2.81. The Morgan fingerprint density at radius 3 is 2.78 bits per heavy atom. The molecule has 0 radical (unpaired) electrons. The summed E-state index contributed by atoms with van der Waals surface area (Å²) in [5.41, 5.74) is 0.702. The van der Waals surface area contributed by atoms with Crippen molar-refractivity contribution >= 4 is 26.4 Å². The first kappa shape index (κ1) is 14.5. The molecule has 0 aliphatic rings. The Balaban J connectivity index is 2.79. The fourth-order valence-corrected chi connectivity index (χ4v) is 1.81. The molecule has 0 saturated heterocycles. The number of rotatable bonds is 5. The standard InChI is InChI=1S/C12H18N3O2P/c1-9(2)12(16)15-10-6-5-7-11(8-10)17-18(13-3)14-4/h5-9,18H,3H2,1-2,4H3,(H,15,16). The van der Waals surface area contributed by atoms with Gasteiger partial charge in [-0.2, -0.15) is 0 Å². The van der Waals surface area contributed by atoms with E-state index >= 15 is 0 Å². The van der Waals surface area contributed by atoms with Crippen LogP contribution in [0.25, 0.3) is 0 Å². The van der Waals surface area contributed by atoms with E-state index in [2.05, 4.69) is 21.5 Å². The van der Waals surface area contributed by atoms with E-state index in [1.165, 1.54) is 0 Å². The zero-order chi connectivity index (χ0) is 13.5. The van der Waals surface area contributed by atoms with Gasteiger partial charge in [-0.15, -0.1) is 0 Å². The summed E-state index contributed by atoms with van der Waals surface area (Å²) in [5.74, 6) is 0.540. The van der Waals surface area contributed by atoms with E-state index in [1.807, 2.05) is 26.0 Å². The van der Waals surface area contributed by atoms with Crippen molar-refractivity contribution in [3.05, 3.63) is 24.3 Å². The van der Waals surface area contributed by atoms with Gasteiger partial charge in [0.05, 0.1) is 0 Å². The van der Waals surface area contributed by atoms with Crippen LogP contribution < -0.4 is 9.84 Å². The second-order valence-corrected chi connectivity index (χ2v) is 5.47. The Hall–Kier alpha value is -1.61. The van der Waals surface area contributed by atoms with Gasteiger partial charge in [-0.3, -0.25) is 9.54 Å². The SMILES string of the molecule is C=N/[PH](=N\C)Oc1cccc(NC(=O)C(C)C)c1. The number of nitrogens with one attached hydrogen (secondary N) is 1. The minimum absolute atomic E-state index is 0.0281. The molecule has 98 valence electrons. The molecule has 1 unspecified atom stereocenters. The third-order valence-corrected chi connectivity index (χ3v) is 3.23. The van der Waals surface area contributed by atoms with Gasteiger partial charge in [0.2, 0.25) is 14.0 Å². The summed E-state index contributed by atoms with van der Waals surface area (Å²) in [6, 6.07) is 7.17. The van der Waals surface area contributed by atoms with Crippen LogP contribution >= 0.6 is 8.09 Å². The summed E-state index contributed by atoms with van der Waals surface area (Å²) in [4.78, 5) is 11.6. The first-order valence-electron chi connectivity index (χ1n) is 5.59. The summed E-state index contributed by atoms with van der Waals surface area (Å²) < 4.78 is 13.3. The summed E-state index contributed by atoms with van der Waals surface area (Å²) in [6.07, 6.45) is 0. The van der Waals surface area contributed by atoms with Crippen LogP contribution in [0.3, 0.4) is 0 Å². The molecule has 6 heteroatoms. The lowest BCUT2D eigenvalue weighted by atomic mass is 10.2. The molecule has 0 aromatic heterocycles. The van der Waals surface area contributed by atoms with Crippen LogP contribution in [-0.2, 0) is 4.79 Å². The van der Waals surface area contributed by atoms with Gasteiger partial charge in [-0.25, -0.2) is 4.76 Å². The molecular formula is C12H18N3O2P. The Kier molecular flexibility index (Phi) is 5.59. The molecule has 1 aromatic rings. The predicted molar refractivity (Wildman–Crippen MR) is 76.8 cm³/mol. The lowest BCUT2D eigenvalue weighted by Crippen LogP contribution is -2.17. The van der Waals surface area contributed by atoms with Crippen molar-refractivity contribution in [1.29, 1.82) is 0 Å². The van der Waals surface area contributed by atoms with Crippen molar-refractivity contribution in [2.45, 2.75) is 13.8 Å². The largest absolute Gasteiger partial charge is 0.444 e. The van der Waals surface area contributed by atoms with Gasteiger partial charge in [0.15, 0.2) is 0 Å². The maximum absolute atomic E-state index is 11.6. The molecule has 1 rings (SSSR count). The fraction of sp³-hybridized carbons (Fsp3) is 0.333. The maximum atomic E-state index is 11.6. The molecule has 0 aliphatic carbocycles. The lowest BCUT2D eigenvalue weighted by Gasteiger charge is -2.10. The third-order valence-electron chi connectivity index (χ3n) is 2.16. The normalized spacial score (nSPS) is 12.2. The van der Waals surface area contributed by atoms with Gasteiger partial charge >= 0.3 is 0 Å². The molecular weight excluding hydrogens is 249 g/mol. The molecule has 1 amide bonds. The van der Waals surface area contributed by atoms with Crippen LogP contribution in [0.5, 0.6) is 5.75 Å². The van der Waals surface area contributed by atoms with Crippen molar-refractivity contribution in [2.75, 3.05) is 12.4 Å². The monoisotopic (exact) mass is 267 g/mol. The lowest BCUT2D eigenvalue weighted by molar-refractivity contribution is -0.118. The number of amides is 1. The highest BCUT2D eigenvalue weighted by atomic mass is 31.1. The number of carbonyl (C=O) groups is 1. The van der Waals surface area contributed by atoms with Crippen LogP contribution in [0.15, 0.2) is 33.8 Å². The molecule has 0 saturated carbocycles. The van der Waals surface area contributed by atoms with E-state index < -0.39 is 8.09 Å². The van der Waals surface area contributed by atoms with Crippen molar-refractivity contribution < 1.29 is 9.32 Å². The molecule has 5 nitrogen and oxygen atoms in total. The minimum atomic E-state index is -1.61. The third kappa shape index (κ3) is 4.34. The molecule has 1 N–H and O–H groups in total. The first-order valence-corrected chi connectivity index (χ1v) is 6.89. The summed E-state index contributed by atoms with van der Waals surface area (Å²) in [6.45, 7) is 7.11. The zero-order valence-corrected chi connectivity index (χ0v) is 11.8. The Morgan fingerprint density at radius 2 is 2.22 bits per heavy atom. The van der Waals surface area contributed by atoms with Crippen molar-refractivity contribution in [1.82, 2.24) is 0 Å². The van der Waals surface area contributed by atoms with Crippen molar-refractivity contribution in [3.8, 4) is 5.75 Å². The Morgan fingerprint density at radius 1 is 1.50 bits per heavy atom. The van der Waals surface area contributed by atoms with Crippen LogP contribution in [0.4, 0.5) is 5.69 Å². The maximum Gasteiger partial charge on any atom is 0.233 e. The highest BCUT2D eigenvalue weighted by Crippen LogP contribution is 2.31. The van der Waals surface area contributed by atoms with Crippen LogP contribution in [0.1, 0.15) is 13.8 Å². The van der Waals surface area contributed by atoms with Gasteiger partial charge in [-0.1, -0.05) is 19.9 Å². The van der Waals surface area contributed by atoms with Gasteiger partial charge < -0.3 is 9.84 Å². The number of benzene rings is 1. The van der Waals surface area contributed by atoms with Crippen LogP contribution in [-0.4, -0.2) is 19.7 Å². The molecule has 1 atom stereocenters. The fourth-order valence-electron chi connectivity index (χ4n) is 1.18. The molecule has 0 fully saturated rings. The van der Waals surface area contributed by atoms with Gasteiger partial charge in [0, 0.05) is 24.7 Å². The van der Waals surface area contributed by atoms with E-state index in [1.54, 1.807) is 19.2 Å². The Bertz CT molecular complexity index is 472. The van der Waals surface area contributed by atoms with E-state index in [9.17, 15) is 4.79 Å². The highest BCUT2D eigenvalue weighted by Gasteiger charge is 2.07. The zero-order valence-electron chi connectivity index (χ0n) is 10.8.